The molecule has 1 N–H and O–H groups in total. The Morgan fingerprint density at radius 1 is 1.27 bits per heavy atom. The number of fused-ring (bicyclic) bond motifs is 1. The van der Waals surface area contributed by atoms with E-state index in [9.17, 15) is 18.4 Å². The summed E-state index contributed by atoms with van der Waals surface area (Å²) in [6, 6.07) is 8.54. The molecule has 0 aromatic heterocycles. The quantitative estimate of drug-likeness (QED) is 0.802. The highest BCUT2D eigenvalue weighted by Gasteiger charge is 2.33. The van der Waals surface area contributed by atoms with Crippen molar-refractivity contribution in [3.63, 3.8) is 0 Å². The number of hydrogen-bond acceptors (Lipinski definition) is 2. The fourth-order valence-corrected chi connectivity index (χ4v) is 3.50. The molecular weight excluding hydrogens is 406 g/mol. The predicted molar refractivity (Wildman–Crippen MR) is 97.6 cm³/mol. The van der Waals surface area contributed by atoms with Gasteiger partial charge in [0.2, 0.25) is 11.8 Å². The summed E-state index contributed by atoms with van der Waals surface area (Å²) in [6.45, 7) is 2.25. The third-order valence-electron chi connectivity index (χ3n) is 4.41. The topological polar surface area (TPSA) is 49.4 Å². The Bertz CT molecular complexity index is 873. The number of halogens is 3. The molecule has 4 nitrogen and oxygen atoms in total. The molecule has 0 spiro atoms. The first-order chi connectivity index (χ1) is 12.4. The van der Waals surface area contributed by atoms with Crippen LogP contribution in [0, 0.1) is 11.6 Å². The van der Waals surface area contributed by atoms with Crippen LogP contribution < -0.4 is 5.32 Å². The van der Waals surface area contributed by atoms with Crippen molar-refractivity contribution in [3.05, 3.63) is 63.6 Å². The zero-order valence-corrected chi connectivity index (χ0v) is 15.6. The Labute approximate surface area is 158 Å². The number of amides is 2. The van der Waals surface area contributed by atoms with Gasteiger partial charge in [0.05, 0.1) is 5.92 Å². The summed E-state index contributed by atoms with van der Waals surface area (Å²) in [7, 11) is 0. The zero-order chi connectivity index (χ0) is 18.8. The molecule has 7 heteroatoms. The first-order valence-corrected chi connectivity index (χ1v) is 9.00. The van der Waals surface area contributed by atoms with Gasteiger partial charge in [0, 0.05) is 35.2 Å². The third-order valence-corrected chi connectivity index (χ3v) is 4.91. The van der Waals surface area contributed by atoms with Crippen molar-refractivity contribution in [1.29, 1.82) is 0 Å². The first-order valence-electron chi connectivity index (χ1n) is 8.21. The third kappa shape index (κ3) is 3.77. The summed E-state index contributed by atoms with van der Waals surface area (Å²) in [5, 5.41) is 2.59. The molecule has 0 aliphatic carbocycles. The largest absolute Gasteiger partial charge is 0.338 e. The molecule has 2 aromatic rings. The number of likely N-dealkylation sites (N-methyl/N-ethyl adjacent to an activating group) is 1. The number of nitrogens with one attached hydrogen (secondary N) is 1. The normalized spacial score (nSPS) is 16.0. The lowest BCUT2D eigenvalue weighted by molar-refractivity contribution is -0.135. The average molecular weight is 423 g/mol. The average Bonchev–Trinajstić information content (AvgIpc) is 2.60. The zero-order valence-electron chi connectivity index (χ0n) is 14.1. The second kappa shape index (κ2) is 7.53. The van der Waals surface area contributed by atoms with Crippen molar-refractivity contribution in [2.75, 3.05) is 11.9 Å². The van der Waals surface area contributed by atoms with Crippen molar-refractivity contribution in [3.8, 4) is 0 Å². The van der Waals surface area contributed by atoms with Crippen LogP contribution in [-0.4, -0.2) is 23.3 Å². The molecular formula is C19H17BrF2N2O2. The minimum Gasteiger partial charge on any atom is -0.338 e. The molecule has 0 saturated carbocycles. The van der Waals surface area contributed by atoms with E-state index in [1.165, 1.54) is 29.2 Å². The van der Waals surface area contributed by atoms with Gasteiger partial charge < -0.3 is 10.2 Å². The van der Waals surface area contributed by atoms with E-state index in [0.717, 1.165) is 4.47 Å². The van der Waals surface area contributed by atoms with Gasteiger partial charge in [-0.3, -0.25) is 9.59 Å². The van der Waals surface area contributed by atoms with Gasteiger partial charge in [-0.05, 0) is 42.8 Å². The maximum Gasteiger partial charge on any atom is 0.231 e. The molecule has 1 aliphatic rings. The lowest BCUT2D eigenvalue weighted by Gasteiger charge is -2.30. The molecule has 0 bridgehead atoms. The molecule has 2 aromatic carbocycles. The summed E-state index contributed by atoms with van der Waals surface area (Å²) < 4.78 is 28.2. The maximum absolute atomic E-state index is 14.1. The molecule has 0 saturated heterocycles. The van der Waals surface area contributed by atoms with E-state index >= 15 is 0 Å². The van der Waals surface area contributed by atoms with E-state index in [1.54, 1.807) is 19.1 Å². The lowest BCUT2D eigenvalue weighted by atomic mass is 9.89. The van der Waals surface area contributed by atoms with Crippen LogP contribution >= 0.6 is 15.9 Å². The van der Waals surface area contributed by atoms with Crippen LogP contribution in [0.3, 0.4) is 0 Å². The van der Waals surface area contributed by atoms with Crippen LogP contribution in [0.2, 0.25) is 0 Å². The van der Waals surface area contributed by atoms with Crippen molar-refractivity contribution < 1.29 is 18.4 Å². The molecule has 0 fully saturated rings. The standard InChI is InChI=1S/C19H17BrF2N2O2/c1-2-24(10-11-7-12(20)3-6-16(11)22)19(26)15-9-18(25)23-17-8-13(21)4-5-14(15)17/h3-8,15H,2,9-10H2,1H3,(H,23,25). The molecule has 3 rings (SSSR count). The lowest BCUT2D eigenvalue weighted by Crippen LogP contribution is -2.38. The maximum atomic E-state index is 14.1. The smallest absolute Gasteiger partial charge is 0.231 e. The Morgan fingerprint density at radius 2 is 2.04 bits per heavy atom. The monoisotopic (exact) mass is 422 g/mol. The first kappa shape index (κ1) is 18.5. The minimum absolute atomic E-state index is 0.0189. The highest BCUT2D eigenvalue weighted by molar-refractivity contribution is 9.10. The van der Waals surface area contributed by atoms with E-state index < -0.39 is 17.6 Å². The highest BCUT2D eigenvalue weighted by atomic mass is 79.9. The Balaban J connectivity index is 1.89. The van der Waals surface area contributed by atoms with E-state index in [2.05, 4.69) is 21.2 Å². The van der Waals surface area contributed by atoms with Gasteiger partial charge in [-0.2, -0.15) is 0 Å². The number of anilines is 1. The van der Waals surface area contributed by atoms with E-state index in [0.29, 0.717) is 23.4 Å². The molecule has 136 valence electrons. The van der Waals surface area contributed by atoms with E-state index in [4.69, 9.17) is 0 Å². The van der Waals surface area contributed by atoms with Crippen LogP contribution in [0.5, 0.6) is 0 Å². The number of benzene rings is 2. The van der Waals surface area contributed by atoms with Gasteiger partial charge in [-0.25, -0.2) is 8.78 Å². The Kier molecular flexibility index (Phi) is 5.36. The van der Waals surface area contributed by atoms with E-state index in [-0.39, 0.29) is 24.8 Å². The van der Waals surface area contributed by atoms with Crippen LogP contribution in [0.15, 0.2) is 40.9 Å². The van der Waals surface area contributed by atoms with Gasteiger partial charge in [-0.15, -0.1) is 0 Å². The van der Waals surface area contributed by atoms with Gasteiger partial charge in [-0.1, -0.05) is 22.0 Å². The fraction of sp³-hybridized carbons (Fsp3) is 0.263. The number of carbonyl (C=O) groups is 2. The fourth-order valence-electron chi connectivity index (χ4n) is 3.09. The van der Waals surface area contributed by atoms with Gasteiger partial charge in [0.15, 0.2) is 0 Å². The summed E-state index contributed by atoms with van der Waals surface area (Å²) in [5.74, 6) is -2.22. The molecule has 1 atom stereocenters. The summed E-state index contributed by atoms with van der Waals surface area (Å²) in [4.78, 5) is 26.5. The number of hydrogen-bond donors (Lipinski definition) is 1. The van der Waals surface area contributed by atoms with Crippen LogP contribution in [0.25, 0.3) is 0 Å². The summed E-state index contributed by atoms with van der Waals surface area (Å²) >= 11 is 3.30. The van der Waals surface area contributed by atoms with Crippen molar-refractivity contribution in [1.82, 2.24) is 4.90 Å². The molecule has 1 unspecified atom stereocenters. The second-order valence-corrected chi connectivity index (χ2v) is 7.04. The van der Waals surface area contributed by atoms with Crippen molar-refractivity contribution in [2.24, 2.45) is 0 Å². The van der Waals surface area contributed by atoms with Crippen LogP contribution in [-0.2, 0) is 16.1 Å². The van der Waals surface area contributed by atoms with Gasteiger partial charge in [0.1, 0.15) is 11.6 Å². The van der Waals surface area contributed by atoms with Crippen LogP contribution in [0.1, 0.15) is 30.4 Å². The SMILES string of the molecule is CCN(Cc1cc(Br)ccc1F)C(=O)C1CC(=O)Nc2cc(F)ccc21. The summed E-state index contributed by atoms with van der Waals surface area (Å²) in [6.07, 6.45) is -0.0189. The molecule has 26 heavy (non-hydrogen) atoms. The van der Waals surface area contributed by atoms with Crippen molar-refractivity contribution >= 4 is 33.4 Å². The molecule has 1 heterocycles. The Morgan fingerprint density at radius 3 is 2.77 bits per heavy atom. The molecule has 1 aliphatic heterocycles. The second-order valence-electron chi connectivity index (χ2n) is 6.12. The molecule has 2 amide bonds. The van der Waals surface area contributed by atoms with E-state index in [1.807, 2.05) is 0 Å². The number of rotatable bonds is 4. The van der Waals surface area contributed by atoms with Crippen LogP contribution in [0.4, 0.5) is 14.5 Å². The van der Waals surface area contributed by atoms with Gasteiger partial charge in [0.25, 0.3) is 0 Å². The number of nitrogens with zero attached hydrogens (tertiary/aromatic N) is 1. The summed E-state index contributed by atoms with van der Waals surface area (Å²) in [5.41, 5.74) is 1.27. The molecule has 0 radical (unpaired) electrons. The Hall–Kier alpha value is -2.28. The number of carbonyl (C=O) groups excluding carboxylic acids is 2. The highest BCUT2D eigenvalue weighted by Crippen LogP contribution is 2.34. The predicted octanol–water partition coefficient (Wildman–Crippen LogP) is 4.20. The van der Waals surface area contributed by atoms with Crippen molar-refractivity contribution in [2.45, 2.75) is 25.8 Å². The van der Waals surface area contributed by atoms with Gasteiger partial charge >= 0.3 is 0 Å². The minimum atomic E-state index is -0.713.